The highest BCUT2D eigenvalue weighted by atomic mass is 15.1. The molecule has 0 amide bonds. The zero-order valence-corrected chi connectivity index (χ0v) is 15.6. The number of hydrogen-bond donors (Lipinski definition) is 2. The minimum Gasteiger partial charge on any atom is -0.331 e. The highest BCUT2D eigenvalue weighted by molar-refractivity contribution is 5.99. The minimum absolute atomic E-state index is 0.00420. The second-order valence-electron chi connectivity index (χ2n) is 7.46. The van der Waals surface area contributed by atoms with Gasteiger partial charge in [-0.25, -0.2) is 0 Å². The van der Waals surface area contributed by atoms with Crippen LogP contribution in [0.5, 0.6) is 0 Å². The summed E-state index contributed by atoms with van der Waals surface area (Å²) in [5.41, 5.74) is 0.569. The van der Waals surface area contributed by atoms with Crippen LogP contribution in [-0.2, 0) is 6.42 Å². The number of rotatable bonds is 4. The molecule has 1 aliphatic heterocycles. The Labute approximate surface area is 160 Å². The molecule has 0 radical (unpaired) electrons. The Morgan fingerprint density at radius 3 is 2.48 bits per heavy atom. The topological polar surface area (TPSA) is 99.7 Å². The molecule has 27 heavy (non-hydrogen) atoms. The molecule has 136 valence electrons. The van der Waals surface area contributed by atoms with Gasteiger partial charge in [-0.15, -0.1) is 0 Å². The van der Waals surface area contributed by atoms with E-state index in [1.165, 1.54) is 4.90 Å². The molecule has 5 nitrogen and oxygen atoms in total. The monoisotopic (exact) mass is 358 g/mol. The van der Waals surface area contributed by atoms with Crippen molar-refractivity contribution in [2.24, 2.45) is 23.2 Å². The quantitative estimate of drug-likeness (QED) is 0.804. The summed E-state index contributed by atoms with van der Waals surface area (Å²) in [6.07, 6.45) is 3.50. The summed E-state index contributed by atoms with van der Waals surface area (Å²) in [6.45, 7) is 4.75. The normalized spacial score (nSPS) is 28.8. The minimum atomic E-state index is -1.52. The number of fused-ring (bicyclic) bond motifs is 1. The Morgan fingerprint density at radius 1 is 1.19 bits per heavy atom. The third kappa shape index (κ3) is 3.14. The van der Waals surface area contributed by atoms with Gasteiger partial charge in [-0.05, 0) is 37.0 Å². The maximum Gasteiger partial charge on any atom is 0.186 e. The van der Waals surface area contributed by atoms with Gasteiger partial charge >= 0.3 is 0 Å². The molecule has 1 aliphatic carbocycles. The second kappa shape index (κ2) is 7.75. The number of hydrogen-bond acceptors (Lipinski definition) is 4. The van der Waals surface area contributed by atoms with E-state index in [0.717, 1.165) is 37.2 Å². The Balaban J connectivity index is 2.02. The molecule has 2 aliphatic rings. The van der Waals surface area contributed by atoms with Crippen LogP contribution in [0, 0.1) is 62.6 Å². The molecule has 0 spiro atoms. The van der Waals surface area contributed by atoms with Gasteiger partial charge in [0.25, 0.3) is 0 Å². The van der Waals surface area contributed by atoms with Crippen molar-refractivity contribution in [3.05, 3.63) is 47.5 Å². The van der Waals surface area contributed by atoms with E-state index in [4.69, 9.17) is 5.41 Å². The molecule has 5 heteroatoms. The van der Waals surface area contributed by atoms with Crippen LogP contribution in [0.1, 0.15) is 18.9 Å². The van der Waals surface area contributed by atoms with E-state index in [-0.39, 0.29) is 17.5 Å². The number of nitriles is 3. The molecule has 1 heterocycles. The van der Waals surface area contributed by atoms with Gasteiger partial charge < -0.3 is 10.3 Å². The number of benzene rings is 1. The van der Waals surface area contributed by atoms with E-state index in [9.17, 15) is 15.8 Å². The second-order valence-corrected chi connectivity index (χ2v) is 7.46. The van der Waals surface area contributed by atoms with Gasteiger partial charge in [-0.3, -0.25) is 0 Å². The van der Waals surface area contributed by atoms with Crippen molar-refractivity contribution >= 4 is 5.71 Å². The lowest BCUT2D eigenvalue weighted by Crippen LogP contribution is -3.13. The van der Waals surface area contributed by atoms with Gasteiger partial charge in [0.1, 0.15) is 5.92 Å². The molecule has 3 rings (SSSR count). The van der Waals surface area contributed by atoms with Crippen LogP contribution >= 0.6 is 0 Å². The maximum atomic E-state index is 9.96. The molecular weight excluding hydrogens is 334 g/mol. The van der Waals surface area contributed by atoms with E-state index >= 15 is 0 Å². The zero-order chi connectivity index (χ0) is 19.4. The van der Waals surface area contributed by atoms with Crippen LogP contribution in [-0.4, -0.2) is 25.3 Å². The van der Waals surface area contributed by atoms with E-state index in [1.807, 2.05) is 30.3 Å². The van der Waals surface area contributed by atoms with Crippen LogP contribution in [0.3, 0.4) is 0 Å². The predicted octanol–water partition coefficient (Wildman–Crippen LogP) is 1.90. The lowest BCUT2D eigenvalue weighted by atomic mass is 9.55. The van der Waals surface area contributed by atoms with E-state index < -0.39 is 11.3 Å². The van der Waals surface area contributed by atoms with Crippen LogP contribution < -0.4 is 4.90 Å². The summed E-state index contributed by atoms with van der Waals surface area (Å²) in [4.78, 5) is 1.39. The summed E-state index contributed by atoms with van der Waals surface area (Å²) < 4.78 is 0. The van der Waals surface area contributed by atoms with Gasteiger partial charge in [0, 0.05) is 11.8 Å². The highest BCUT2D eigenvalue weighted by Gasteiger charge is 2.57. The molecular formula is C22H24N5+. The van der Waals surface area contributed by atoms with Crippen LogP contribution in [0.15, 0.2) is 42.0 Å². The summed E-state index contributed by atoms with van der Waals surface area (Å²) >= 11 is 0. The third-order valence-corrected chi connectivity index (χ3v) is 6.22. The van der Waals surface area contributed by atoms with Crippen molar-refractivity contribution in [1.29, 1.82) is 21.2 Å². The predicted molar refractivity (Wildman–Crippen MR) is 102 cm³/mol. The van der Waals surface area contributed by atoms with Gasteiger partial charge in [-0.1, -0.05) is 30.3 Å². The first-order valence-corrected chi connectivity index (χ1v) is 9.49. The summed E-state index contributed by atoms with van der Waals surface area (Å²) in [5, 5.41) is 38.2. The maximum absolute atomic E-state index is 9.96. The van der Waals surface area contributed by atoms with Crippen molar-refractivity contribution in [2.45, 2.75) is 19.8 Å². The van der Waals surface area contributed by atoms with Gasteiger partial charge in [0.2, 0.25) is 0 Å². The SMILES string of the molecule is CC[NH+]1CC=C2C(C#N)C(=N)C(C#N)(C#N)[C@@H](CCc3ccccc3)[C@@H]2C1. The summed E-state index contributed by atoms with van der Waals surface area (Å²) in [5.74, 6) is -1.02. The van der Waals surface area contributed by atoms with Crippen molar-refractivity contribution in [2.75, 3.05) is 19.6 Å². The molecule has 0 bridgehead atoms. The highest BCUT2D eigenvalue weighted by Crippen LogP contribution is 2.49. The Hall–Kier alpha value is -2.94. The van der Waals surface area contributed by atoms with E-state index in [1.54, 1.807) is 0 Å². The molecule has 0 aromatic heterocycles. The first-order chi connectivity index (χ1) is 13.1. The van der Waals surface area contributed by atoms with Crippen LogP contribution in [0.4, 0.5) is 0 Å². The van der Waals surface area contributed by atoms with Crippen LogP contribution in [0.2, 0.25) is 0 Å². The first-order valence-electron chi connectivity index (χ1n) is 9.49. The molecule has 1 saturated carbocycles. The number of quaternary nitrogens is 1. The Morgan fingerprint density at radius 2 is 1.89 bits per heavy atom. The first kappa shape index (κ1) is 18.8. The van der Waals surface area contributed by atoms with Crippen molar-refractivity contribution in [3.63, 3.8) is 0 Å². The molecule has 0 saturated heterocycles. The Kier molecular flexibility index (Phi) is 5.41. The summed E-state index contributed by atoms with van der Waals surface area (Å²) in [7, 11) is 0. The molecule has 2 N–H and O–H groups in total. The molecule has 1 aromatic carbocycles. The zero-order valence-electron chi connectivity index (χ0n) is 15.6. The van der Waals surface area contributed by atoms with Crippen LogP contribution in [0.25, 0.3) is 0 Å². The fourth-order valence-electron chi connectivity index (χ4n) is 4.65. The van der Waals surface area contributed by atoms with Gasteiger partial charge in [0.15, 0.2) is 5.41 Å². The average molecular weight is 358 g/mol. The smallest absolute Gasteiger partial charge is 0.186 e. The van der Waals surface area contributed by atoms with Crippen molar-refractivity contribution in [3.8, 4) is 18.2 Å². The van der Waals surface area contributed by atoms with E-state index in [2.05, 4.69) is 31.2 Å². The summed E-state index contributed by atoms with van der Waals surface area (Å²) in [6, 6.07) is 16.6. The fraction of sp³-hybridized carbons (Fsp3) is 0.455. The third-order valence-electron chi connectivity index (χ3n) is 6.22. The molecule has 1 aromatic rings. The van der Waals surface area contributed by atoms with Gasteiger partial charge in [0.05, 0.1) is 43.6 Å². The largest absolute Gasteiger partial charge is 0.331 e. The van der Waals surface area contributed by atoms with Crippen molar-refractivity contribution < 1.29 is 4.90 Å². The number of nitrogens with one attached hydrogen (secondary N) is 2. The average Bonchev–Trinajstić information content (AvgIpc) is 2.72. The van der Waals surface area contributed by atoms with E-state index in [0.29, 0.717) is 6.42 Å². The molecule has 2 unspecified atom stereocenters. The number of nitrogens with zero attached hydrogens (tertiary/aromatic N) is 3. The lowest BCUT2D eigenvalue weighted by molar-refractivity contribution is -0.897. The van der Waals surface area contributed by atoms with Crippen molar-refractivity contribution in [1.82, 2.24) is 0 Å². The Bertz CT molecular complexity index is 851. The number of likely N-dealkylation sites (N-methyl/N-ethyl adjacent to an activating group) is 1. The van der Waals surface area contributed by atoms with Gasteiger partial charge in [-0.2, -0.15) is 15.8 Å². The molecule has 1 fully saturated rings. The standard InChI is InChI=1S/C22H23N5/c1-2-27-11-10-17-18(12-23)21(26)22(14-24,15-25)20(19(17)13-27)9-8-16-6-4-3-5-7-16/h3-7,10,18-20,26H,2,8-9,11,13H2,1H3/p+1/t18?,19-,20+/m1/s1. The lowest BCUT2D eigenvalue weighted by Gasteiger charge is -2.46. The molecule has 4 atom stereocenters. The number of aryl methyl sites for hydroxylation is 1. The fourth-order valence-corrected chi connectivity index (χ4v) is 4.65.